The fourth-order valence-electron chi connectivity index (χ4n) is 5.28. The van der Waals surface area contributed by atoms with Crippen molar-refractivity contribution in [1.29, 1.82) is 0 Å². The predicted molar refractivity (Wildman–Crippen MR) is 138 cm³/mol. The highest BCUT2D eigenvalue weighted by Crippen LogP contribution is 2.30. The number of aromatic nitrogens is 2. The van der Waals surface area contributed by atoms with Gasteiger partial charge in [-0.15, -0.1) is 0 Å². The van der Waals surface area contributed by atoms with Crippen molar-refractivity contribution in [3.63, 3.8) is 0 Å². The second kappa shape index (κ2) is 11.2. The molecule has 3 amide bonds. The van der Waals surface area contributed by atoms with Crippen LogP contribution in [-0.2, 0) is 17.8 Å². The summed E-state index contributed by atoms with van der Waals surface area (Å²) in [7, 11) is 3.16. The van der Waals surface area contributed by atoms with Crippen LogP contribution in [0.3, 0.4) is 0 Å². The molecule has 1 atom stereocenters. The van der Waals surface area contributed by atoms with Crippen molar-refractivity contribution in [2.24, 2.45) is 0 Å². The third kappa shape index (κ3) is 5.28. The highest BCUT2D eigenvalue weighted by atomic mass is 16.5. The van der Waals surface area contributed by atoms with Crippen LogP contribution in [0.2, 0.25) is 0 Å². The van der Waals surface area contributed by atoms with Crippen LogP contribution in [0.1, 0.15) is 72.5 Å². The van der Waals surface area contributed by atoms with Gasteiger partial charge in [-0.1, -0.05) is 25.8 Å². The maximum atomic E-state index is 13.7. The summed E-state index contributed by atoms with van der Waals surface area (Å²) in [4.78, 5) is 46.0. The van der Waals surface area contributed by atoms with E-state index in [1.165, 1.54) is 6.33 Å². The molecular formula is C27H37N5O5. The van der Waals surface area contributed by atoms with Gasteiger partial charge in [0.25, 0.3) is 11.8 Å². The molecule has 1 aromatic heterocycles. The quantitative estimate of drug-likeness (QED) is 0.507. The molecule has 2 heterocycles. The van der Waals surface area contributed by atoms with Gasteiger partial charge >= 0.3 is 0 Å². The zero-order valence-corrected chi connectivity index (χ0v) is 22.1. The SMILES string of the molecule is CCCN1C(=O)c2c(C(=O)NCCc3ccc(OC)c(OC)c3)ncn2CC1(C)C(=O)NC1CCCC1. The highest BCUT2D eigenvalue weighted by Gasteiger charge is 2.48. The Morgan fingerprint density at radius 2 is 1.89 bits per heavy atom. The van der Waals surface area contributed by atoms with Crippen molar-refractivity contribution in [3.8, 4) is 11.5 Å². The topological polar surface area (TPSA) is 115 Å². The first kappa shape index (κ1) is 26.5. The highest BCUT2D eigenvalue weighted by molar-refractivity contribution is 6.07. The lowest BCUT2D eigenvalue weighted by molar-refractivity contribution is -0.133. The summed E-state index contributed by atoms with van der Waals surface area (Å²) in [6, 6.07) is 5.75. The van der Waals surface area contributed by atoms with E-state index in [4.69, 9.17) is 9.47 Å². The number of carbonyl (C=O) groups excluding carboxylic acids is 3. The zero-order valence-electron chi connectivity index (χ0n) is 22.1. The Balaban J connectivity index is 1.48. The van der Waals surface area contributed by atoms with E-state index in [9.17, 15) is 14.4 Å². The molecule has 1 aliphatic carbocycles. The van der Waals surface area contributed by atoms with Gasteiger partial charge in [-0.2, -0.15) is 0 Å². The molecule has 1 unspecified atom stereocenters. The molecule has 200 valence electrons. The minimum absolute atomic E-state index is 0.0802. The van der Waals surface area contributed by atoms with E-state index in [0.717, 1.165) is 31.2 Å². The van der Waals surface area contributed by atoms with Gasteiger partial charge in [-0.3, -0.25) is 14.4 Å². The molecule has 1 aliphatic heterocycles. The van der Waals surface area contributed by atoms with E-state index in [1.54, 1.807) is 30.6 Å². The molecule has 0 saturated heterocycles. The molecular weight excluding hydrogens is 474 g/mol. The van der Waals surface area contributed by atoms with Crippen LogP contribution in [0.15, 0.2) is 24.5 Å². The Bertz CT molecular complexity index is 1160. The number of methoxy groups -OCH3 is 2. The molecule has 37 heavy (non-hydrogen) atoms. The standard InChI is InChI=1S/C27H37N5O5/c1-5-14-32-25(34)23-22(24(33)28-13-12-18-10-11-20(36-3)21(15-18)37-4)29-17-31(23)16-27(32,2)26(35)30-19-8-6-7-9-19/h10-11,15,17,19H,5-9,12-14,16H2,1-4H3,(H,28,33)(H,30,35). The molecule has 10 nitrogen and oxygen atoms in total. The summed E-state index contributed by atoms with van der Waals surface area (Å²) in [5.74, 6) is 0.342. The average Bonchev–Trinajstić information content (AvgIpc) is 3.56. The van der Waals surface area contributed by atoms with E-state index < -0.39 is 11.4 Å². The van der Waals surface area contributed by atoms with Crippen LogP contribution in [0.25, 0.3) is 0 Å². The van der Waals surface area contributed by atoms with Crippen molar-refractivity contribution in [2.75, 3.05) is 27.3 Å². The van der Waals surface area contributed by atoms with Gasteiger partial charge in [0.15, 0.2) is 17.2 Å². The Morgan fingerprint density at radius 1 is 1.16 bits per heavy atom. The van der Waals surface area contributed by atoms with Gasteiger partial charge < -0.3 is 29.6 Å². The summed E-state index contributed by atoms with van der Waals surface area (Å²) < 4.78 is 12.3. The van der Waals surface area contributed by atoms with E-state index >= 15 is 0 Å². The normalized spacial score (nSPS) is 19.5. The summed E-state index contributed by atoms with van der Waals surface area (Å²) >= 11 is 0. The van der Waals surface area contributed by atoms with Crippen LogP contribution in [-0.4, -0.2) is 71.1 Å². The fourth-order valence-corrected chi connectivity index (χ4v) is 5.28. The summed E-state index contributed by atoms with van der Waals surface area (Å²) in [6.07, 6.45) is 6.89. The number of benzene rings is 1. The second-order valence-electron chi connectivity index (χ2n) is 9.95. The van der Waals surface area contributed by atoms with Crippen LogP contribution < -0.4 is 20.1 Å². The van der Waals surface area contributed by atoms with E-state index in [-0.39, 0.29) is 35.8 Å². The smallest absolute Gasteiger partial charge is 0.273 e. The largest absolute Gasteiger partial charge is 0.493 e. The Morgan fingerprint density at radius 3 is 2.57 bits per heavy atom. The zero-order chi connectivity index (χ0) is 26.6. The number of imidazole rings is 1. The molecule has 2 N–H and O–H groups in total. The number of fused-ring (bicyclic) bond motifs is 1. The molecule has 4 rings (SSSR count). The van der Waals surface area contributed by atoms with Crippen molar-refractivity contribution in [1.82, 2.24) is 25.1 Å². The van der Waals surface area contributed by atoms with Crippen molar-refractivity contribution in [2.45, 2.75) is 70.5 Å². The number of ether oxygens (including phenoxy) is 2. The van der Waals surface area contributed by atoms with Crippen LogP contribution in [0.4, 0.5) is 0 Å². The number of amides is 3. The van der Waals surface area contributed by atoms with Crippen molar-refractivity contribution >= 4 is 17.7 Å². The minimum Gasteiger partial charge on any atom is -0.493 e. The van der Waals surface area contributed by atoms with Gasteiger partial charge in [0, 0.05) is 19.1 Å². The maximum absolute atomic E-state index is 13.7. The number of rotatable bonds is 10. The lowest BCUT2D eigenvalue weighted by Crippen LogP contribution is -2.65. The molecule has 2 aromatic rings. The van der Waals surface area contributed by atoms with Crippen LogP contribution in [0.5, 0.6) is 11.5 Å². The lowest BCUT2D eigenvalue weighted by Gasteiger charge is -2.44. The van der Waals surface area contributed by atoms with Crippen LogP contribution in [0, 0.1) is 0 Å². The number of hydrogen-bond acceptors (Lipinski definition) is 6. The van der Waals surface area contributed by atoms with Crippen molar-refractivity contribution < 1.29 is 23.9 Å². The molecule has 1 aromatic carbocycles. The summed E-state index contributed by atoms with van der Waals surface area (Å²) in [6.45, 7) is 4.79. The summed E-state index contributed by atoms with van der Waals surface area (Å²) in [5, 5.41) is 6.03. The molecule has 0 bridgehead atoms. The molecule has 1 fully saturated rings. The fraction of sp³-hybridized carbons (Fsp3) is 0.556. The first-order valence-electron chi connectivity index (χ1n) is 13.0. The molecule has 10 heteroatoms. The van der Waals surface area contributed by atoms with E-state index in [1.807, 2.05) is 25.1 Å². The number of hydrogen-bond donors (Lipinski definition) is 2. The minimum atomic E-state index is -1.05. The second-order valence-corrected chi connectivity index (χ2v) is 9.95. The summed E-state index contributed by atoms with van der Waals surface area (Å²) in [5.41, 5.74) is 0.226. The molecule has 0 spiro atoms. The van der Waals surface area contributed by atoms with E-state index in [2.05, 4.69) is 15.6 Å². The van der Waals surface area contributed by atoms with Gasteiger partial charge in [0.05, 0.1) is 27.1 Å². The Hall–Kier alpha value is -3.56. The maximum Gasteiger partial charge on any atom is 0.273 e. The third-order valence-electron chi connectivity index (χ3n) is 7.35. The molecule has 0 radical (unpaired) electrons. The van der Waals surface area contributed by atoms with E-state index in [0.29, 0.717) is 37.4 Å². The van der Waals surface area contributed by atoms with Gasteiger partial charge in [0.1, 0.15) is 11.2 Å². The average molecular weight is 512 g/mol. The first-order valence-corrected chi connectivity index (χ1v) is 13.0. The monoisotopic (exact) mass is 511 g/mol. The number of nitrogens with zero attached hydrogens (tertiary/aromatic N) is 3. The van der Waals surface area contributed by atoms with Crippen LogP contribution >= 0.6 is 0 Å². The van der Waals surface area contributed by atoms with Gasteiger partial charge in [0.2, 0.25) is 5.91 Å². The number of carbonyl (C=O) groups is 3. The Labute approximate surface area is 217 Å². The van der Waals surface area contributed by atoms with Crippen molar-refractivity contribution in [3.05, 3.63) is 41.5 Å². The van der Waals surface area contributed by atoms with Gasteiger partial charge in [-0.25, -0.2) is 4.98 Å². The Kier molecular flexibility index (Phi) is 8.04. The lowest BCUT2D eigenvalue weighted by atomic mass is 9.93. The molecule has 1 saturated carbocycles. The predicted octanol–water partition coefficient (Wildman–Crippen LogP) is 2.56. The third-order valence-corrected chi connectivity index (χ3v) is 7.35. The van der Waals surface area contributed by atoms with Gasteiger partial charge in [-0.05, 0) is 50.3 Å². The number of nitrogens with one attached hydrogen (secondary N) is 2. The first-order chi connectivity index (χ1) is 17.8. The molecule has 2 aliphatic rings.